The summed E-state index contributed by atoms with van der Waals surface area (Å²) < 4.78 is 5.54. The number of hydrogen-bond donors (Lipinski definition) is 2. The van der Waals surface area contributed by atoms with Crippen molar-refractivity contribution in [3.63, 3.8) is 0 Å². The van der Waals surface area contributed by atoms with E-state index in [0.717, 1.165) is 13.1 Å². The van der Waals surface area contributed by atoms with Crippen LogP contribution in [-0.4, -0.2) is 31.7 Å². The number of ether oxygens (including phenoxy) is 1. The van der Waals surface area contributed by atoms with Gasteiger partial charge in [-0.1, -0.05) is 24.3 Å². The van der Waals surface area contributed by atoms with E-state index in [1.54, 1.807) is 0 Å². The first-order valence-corrected chi connectivity index (χ1v) is 6.84. The van der Waals surface area contributed by atoms with E-state index >= 15 is 0 Å². The van der Waals surface area contributed by atoms with E-state index < -0.39 is 0 Å². The zero-order chi connectivity index (χ0) is 13.7. The van der Waals surface area contributed by atoms with Gasteiger partial charge in [0, 0.05) is 13.1 Å². The Balaban J connectivity index is 1.86. The number of aryl methyl sites for hydroxylation is 1. The standard InChI is InChI=1S/C15H22N2O2/c1-11-5-3-4-6-14(11)12(2)17-15(18)9-13-10-16-7-8-19-13/h3-6,12-13,16H,7-10H2,1-2H3,(H,17,18)/t12-,13?/m0/s1. The van der Waals surface area contributed by atoms with Crippen LogP contribution in [-0.2, 0) is 9.53 Å². The molecule has 1 fully saturated rings. The predicted octanol–water partition coefficient (Wildman–Crippen LogP) is 1.55. The fourth-order valence-electron chi connectivity index (χ4n) is 2.41. The topological polar surface area (TPSA) is 50.4 Å². The van der Waals surface area contributed by atoms with Crippen molar-refractivity contribution in [1.82, 2.24) is 10.6 Å². The molecule has 1 heterocycles. The van der Waals surface area contributed by atoms with Crippen LogP contribution in [0.1, 0.15) is 30.5 Å². The molecule has 104 valence electrons. The van der Waals surface area contributed by atoms with Gasteiger partial charge in [0.25, 0.3) is 0 Å². The van der Waals surface area contributed by atoms with Crippen molar-refractivity contribution in [2.24, 2.45) is 0 Å². The Bertz CT molecular complexity index is 428. The summed E-state index contributed by atoms with van der Waals surface area (Å²) in [5, 5.41) is 6.27. The van der Waals surface area contributed by atoms with E-state index in [4.69, 9.17) is 4.74 Å². The van der Waals surface area contributed by atoms with E-state index in [9.17, 15) is 4.79 Å². The van der Waals surface area contributed by atoms with Crippen molar-refractivity contribution in [1.29, 1.82) is 0 Å². The van der Waals surface area contributed by atoms with Gasteiger partial charge in [-0.25, -0.2) is 0 Å². The van der Waals surface area contributed by atoms with Crippen LogP contribution in [0.3, 0.4) is 0 Å². The van der Waals surface area contributed by atoms with Crippen LogP contribution in [0.25, 0.3) is 0 Å². The molecule has 0 radical (unpaired) electrons. The Morgan fingerprint density at radius 2 is 2.32 bits per heavy atom. The molecule has 2 N–H and O–H groups in total. The number of nitrogens with one attached hydrogen (secondary N) is 2. The minimum atomic E-state index is -0.00202. The van der Waals surface area contributed by atoms with Crippen LogP contribution in [0.15, 0.2) is 24.3 Å². The van der Waals surface area contributed by atoms with Gasteiger partial charge >= 0.3 is 0 Å². The molecule has 4 heteroatoms. The van der Waals surface area contributed by atoms with Crippen molar-refractivity contribution in [3.05, 3.63) is 35.4 Å². The second-order valence-electron chi connectivity index (χ2n) is 5.05. The number of rotatable bonds is 4. The number of benzene rings is 1. The maximum absolute atomic E-state index is 12.0. The SMILES string of the molecule is Cc1ccccc1[C@H](C)NC(=O)CC1CNCCO1. The Morgan fingerprint density at radius 1 is 1.53 bits per heavy atom. The minimum absolute atomic E-state index is 0.00202. The first kappa shape index (κ1) is 14.0. The summed E-state index contributed by atoms with van der Waals surface area (Å²) in [6.07, 6.45) is 0.418. The molecule has 0 aromatic heterocycles. The summed E-state index contributed by atoms with van der Waals surface area (Å²) in [7, 11) is 0. The number of morpholine rings is 1. The maximum Gasteiger partial charge on any atom is 0.223 e. The largest absolute Gasteiger partial charge is 0.375 e. The lowest BCUT2D eigenvalue weighted by Crippen LogP contribution is -2.41. The third-order valence-corrected chi connectivity index (χ3v) is 3.45. The third kappa shape index (κ3) is 4.04. The quantitative estimate of drug-likeness (QED) is 0.865. The number of carbonyl (C=O) groups excluding carboxylic acids is 1. The Labute approximate surface area is 114 Å². The average molecular weight is 262 g/mol. The lowest BCUT2D eigenvalue weighted by atomic mass is 10.0. The van der Waals surface area contributed by atoms with Crippen molar-refractivity contribution in [2.75, 3.05) is 19.7 Å². The summed E-state index contributed by atoms with van der Waals surface area (Å²) in [6, 6.07) is 8.16. The normalized spacial score (nSPS) is 20.8. The van der Waals surface area contributed by atoms with Crippen LogP contribution in [0.2, 0.25) is 0 Å². The molecule has 0 spiro atoms. The molecule has 1 amide bonds. The fourth-order valence-corrected chi connectivity index (χ4v) is 2.41. The van der Waals surface area contributed by atoms with E-state index in [1.165, 1.54) is 11.1 Å². The molecule has 1 aliphatic rings. The van der Waals surface area contributed by atoms with E-state index in [0.29, 0.717) is 13.0 Å². The molecule has 19 heavy (non-hydrogen) atoms. The highest BCUT2D eigenvalue weighted by Crippen LogP contribution is 2.16. The molecule has 1 aromatic rings. The van der Waals surface area contributed by atoms with Gasteiger partial charge in [-0.05, 0) is 25.0 Å². The van der Waals surface area contributed by atoms with Gasteiger partial charge in [0.1, 0.15) is 0 Å². The van der Waals surface area contributed by atoms with Gasteiger partial charge in [-0.2, -0.15) is 0 Å². The van der Waals surface area contributed by atoms with E-state index in [-0.39, 0.29) is 18.1 Å². The zero-order valence-electron chi connectivity index (χ0n) is 11.6. The van der Waals surface area contributed by atoms with Gasteiger partial charge in [0.2, 0.25) is 5.91 Å². The first-order valence-electron chi connectivity index (χ1n) is 6.84. The van der Waals surface area contributed by atoms with E-state index in [1.807, 2.05) is 19.1 Å². The van der Waals surface area contributed by atoms with Crippen molar-refractivity contribution in [3.8, 4) is 0 Å². The summed E-state index contributed by atoms with van der Waals surface area (Å²) in [5.41, 5.74) is 2.37. The van der Waals surface area contributed by atoms with Crippen molar-refractivity contribution < 1.29 is 9.53 Å². The van der Waals surface area contributed by atoms with Gasteiger partial charge in [0.15, 0.2) is 0 Å². The number of hydrogen-bond acceptors (Lipinski definition) is 3. The Morgan fingerprint density at radius 3 is 3.00 bits per heavy atom. The Kier molecular flexibility index (Phi) is 4.93. The molecule has 0 saturated carbocycles. The first-order chi connectivity index (χ1) is 9.16. The zero-order valence-corrected chi connectivity index (χ0v) is 11.6. The third-order valence-electron chi connectivity index (χ3n) is 3.45. The molecule has 4 nitrogen and oxygen atoms in total. The van der Waals surface area contributed by atoms with Gasteiger partial charge < -0.3 is 15.4 Å². The minimum Gasteiger partial charge on any atom is -0.375 e. The van der Waals surface area contributed by atoms with Crippen molar-refractivity contribution in [2.45, 2.75) is 32.4 Å². The second kappa shape index (κ2) is 6.68. The highest BCUT2D eigenvalue weighted by molar-refractivity contribution is 5.77. The molecule has 1 aliphatic heterocycles. The van der Waals surface area contributed by atoms with Crippen molar-refractivity contribution >= 4 is 5.91 Å². The number of amides is 1. The van der Waals surface area contributed by atoms with Crippen LogP contribution in [0, 0.1) is 6.92 Å². The smallest absolute Gasteiger partial charge is 0.223 e. The molecule has 0 bridgehead atoms. The highest BCUT2D eigenvalue weighted by atomic mass is 16.5. The van der Waals surface area contributed by atoms with Gasteiger partial charge in [-0.15, -0.1) is 0 Å². The summed E-state index contributed by atoms with van der Waals surface area (Å²) in [6.45, 7) is 6.39. The molecule has 1 aromatic carbocycles. The molecule has 1 unspecified atom stereocenters. The average Bonchev–Trinajstić information content (AvgIpc) is 2.40. The Hall–Kier alpha value is -1.39. The lowest BCUT2D eigenvalue weighted by molar-refractivity contribution is -0.125. The second-order valence-corrected chi connectivity index (χ2v) is 5.05. The highest BCUT2D eigenvalue weighted by Gasteiger charge is 2.19. The molecule has 1 saturated heterocycles. The fraction of sp³-hybridized carbons (Fsp3) is 0.533. The molecule has 0 aliphatic carbocycles. The monoisotopic (exact) mass is 262 g/mol. The van der Waals surface area contributed by atoms with Gasteiger partial charge in [0.05, 0.1) is 25.2 Å². The molecule has 2 rings (SSSR count). The molecular formula is C15H22N2O2. The predicted molar refractivity (Wildman–Crippen MR) is 75.0 cm³/mol. The van der Waals surface area contributed by atoms with Crippen LogP contribution < -0.4 is 10.6 Å². The summed E-state index contributed by atoms with van der Waals surface area (Å²) >= 11 is 0. The summed E-state index contributed by atoms with van der Waals surface area (Å²) in [4.78, 5) is 12.0. The molecular weight excluding hydrogens is 240 g/mol. The van der Waals surface area contributed by atoms with Crippen LogP contribution >= 0.6 is 0 Å². The van der Waals surface area contributed by atoms with E-state index in [2.05, 4.69) is 29.7 Å². The maximum atomic E-state index is 12.0. The number of carbonyl (C=O) groups is 1. The van der Waals surface area contributed by atoms with Crippen LogP contribution in [0.5, 0.6) is 0 Å². The van der Waals surface area contributed by atoms with Crippen LogP contribution in [0.4, 0.5) is 0 Å². The lowest BCUT2D eigenvalue weighted by Gasteiger charge is -2.24. The molecule has 2 atom stereocenters. The summed E-state index contributed by atoms with van der Waals surface area (Å²) in [5.74, 6) is 0.0458. The van der Waals surface area contributed by atoms with Gasteiger partial charge in [-0.3, -0.25) is 4.79 Å².